The number of hydrogen-bond donors (Lipinski definition) is 0. The Labute approximate surface area is 162 Å². The van der Waals surface area contributed by atoms with Crippen LogP contribution in [0.4, 0.5) is 0 Å². The van der Waals surface area contributed by atoms with Crippen LogP contribution in [-0.2, 0) is 6.54 Å². The minimum absolute atomic E-state index is 0.606. The van der Waals surface area contributed by atoms with Gasteiger partial charge in [-0.1, -0.05) is 42.0 Å². The van der Waals surface area contributed by atoms with E-state index in [-0.39, 0.29) is 0 Å². The van der Waals surface area contributed by atoms with Crippen LogP contribution in [0.15, 0.2) is 48.5 Å². The van der Waals surface area contributed by atoms with Gasteiger partial charge >= 0.3 is 0 Å². The summed E-state index contributed by atoms with van der Waals surface area (Å²) in [5.41, 5.74) is 4.27. The minimum Gasteiger partial charge on any atom is -0.497 e. The molecule has 0 amide bonds. The predicted molar refractivity (Wildman–Crippen MR) is 109 cm³/mol. The SMILES string of the molecule is COc1ccc([C@H]2CN(Cc3ccc(C)cc3)[C@H]3C4CCN(CC4)[C@@H]23)cc1. The molecule has 0 N–H and O–H groups in total. The van der Waals surface area contributed by atoms with Crippen LogP contribution < -0.4 is 4.74 Å². The summed E-state index contributed by atoms with van der Waals surface area (Å²) in [5, 5.41) is 0. The molecule has 142 valence electrons. The van der Waals surface area contributed by atoms with Gasteiger partial charge in [0.15, 0.2) is 0 Å². The Balaban J connectivity index is 1.44. The molecule has 2 aromatic rings. The van der Waals surface area contributed by atoms with Crippen LogP contribution in [0.3, 0.4) is 0 Å². The Morgan fingerprint density at radius 1 is 0.926 bits per heavy atom. The first kappa shape index (κ1) is 17.3. The molecule has 4 aliphatic heterocycles. The third-order valence-electron chi connectivity index (χ3n) is 7.14. The Morgan fingerprint density at radius 2 is 1.63 bits per heavy atom. The standard InChI is InChI=1S/C24H30N2O/c1-17-3-5-18(6-4-17)15-26-16-22(19-7-9-21(27-2)10-8-19)24-23(26)20-11-13-25(24)14-12-20/h3-10,20,22-24H,11-16H2,1-2H3/t22-,23+,24+/m1/s1. The molecule has 2 aromatic carbocycles. The summed E-state index contributed by atoms with van der Waals surface area (Å²) in [6.45, 7) is 7.00. The quantitative estimate of drug-likeness (QED) is 0.816. The molecule has 0 aromatic heterocycles. The van der Waals surface area contributed by atoms with Gasteiger partial charge in [-0.3, -0.25) is 9.80 Å². The lowest BCUT2D eigenvalue weighted by atomic mass is 9.75. The molecule has 2 bridgehead atoms. The van der Waals surface area contributed by atoms with Gasteiger partial charge in [-0.15, -0.1) is 0 Å². The van der Waals surface area contributed by atoms with Gasteiger partial charge in [-0.25, -0.2) is 0 Å². The van der Waals surface area contributed by atoms with Gasteiger partial charge < -0.3 is 4.74 Å². The number of rotatable bonds is 4. The van der Waals surface area contributed by atoms with Gasteiger partial charge in [-0.05, 0) is 62.0 Å². The van der Waals surface area contributed by atoms with E-state index in [0.29, 0.717) is 18.0 Å². The number of hydrogen-bond acceptors (Lipinski definition) is 3. The van der Waals surface area contributed by atoms with Crippen LogP contribution in [0.25, 0.3) is 0 Å². The number of fused-ring (bicyclic) bond motifs is 2. The summed E-state index contributed by atoms with van der Waals surface area (Å²) in [6.07, 6.45) is 2.75. The van der Waals surface area contributed by atoms with Gasteiger partial charge in [0, 0.05) is 31.1 Å². The lowest BCUT2D eigenvalue weighted by Gasteiger charge is -2.51. The van der Waals surface area contributed by atoms with E-state index < -0.39 is 0 Å². The summed E-state index contributed by atoms with van der Waals surface area (Å²) in [5.74, 6) is 2.43. The number of aryl methyl sites for hydroxylation is 1. The van der Waals surface area contributed by atoms with Crippen molar-refractivity contribution in [3.8, 4) is 5.75 Å². The molecule has 0 radical (unpaired) electrons. The van der Waals surface area contributed by atoms with Gasteiger partial charge in [0.05, 0.1) is 7.11 Å². The van der Waals surface area contributed by atoms with Crippen molar-refractivity contribution in [2.45, 2.75) is 44.3 Å². The molecule has 4 fully saturated rings. The zero-order valence-electron chi connectivity index (χ0n) is 16.5. The monoisotopic (exact) mass is 362 g/mol. The fourth-order valence-electron chi connectivity index (χ4n) is 5.79. The third-order valence-corrected chi connectivity index (χ3v) is 7.14. The first-order valence-electron chi connectivity index (χ1n) is 10.4. The number of nitrogens with zero attached hydrogens (tertiary/aromatic N) is 2. The number of benzene rings is 2. The summed E-state index contributed by atoms with van der Waals surface area (Å²) < 4.78 is 5.38. The molecular formula is C24H30N2O. The highest BCUT2D eigenvalue weighted by Crippen LogP contribution is 2.47. The Morgan fingerprint density at radius 3 is 2.30 bits per heavy atom. The average Bonchev–Trinajstić information content (AvgIpc) is 3.12. The lowest BCUT2D eigenvalue weighted by Crippen LogP contribution is -2.59. The first-order chi connectivity index (χ1) is 13.2. The Hall–Kier alpha value is -1.84. The molecule has 0 aliphatic carbocycles. The van der Waals surface area contributed by atoms with Crippen molar-refractivity contribution in [1.29, 1.82) is 0 Å². The van der Waals surface area contributed by atoms with Crippen molar-refractivity contribution >= 4 is 0 Å². The van der Waals surface area contributed by atoms with E-state index in [1.807, 2.05) is 0 Å². The highest BCUT2D eigenvalue weighted by atomic mass is 16.5. The molecule has 0 unspecified atom stereocenters. The molecule has 0 saturated carbocycles. The molecule has 3 atom stereocenters. The highest BCUT2D eigenvalue weighted by Gasteiger charge is 2.53. The van der Waals surface area contributed by atoms with Crippen molar-refractivity contribution in [2.75, 3.05) is 26.7 Å². The molecule has 4 aliphatic rings. The van der Waals surface area contributed by atoms with E-state index in [4.69, 9.17) is 4.74 Å². The molecule has 27 heavy (non-hydrogen) atoms. The van der Waals surface area contributed by atoms with E-state index >= 15 is 0 Å². The maximum absolute atomic E-state index is 5.38. The molecule has 3 nitrogen and oxygen atoms in total. The van der Waals surface area contributed by atoms with E-state index in [9.17, 15) is 0 Å². The van der Waals surface area contributed by atoms with Crippen molar-refractivity contribution in [3.63, 3.8) is 0 Å². The topological polar surface area (TPSA) is 15.7 Å². The maximum Gasteiger partial charge on any atom is 0.118 e. The number of methoxy groups -OCH3 is 1. The van der Waals surface area contributed by atoms with Crippen LogP contribution >= 0.6 is 0 Å². The van der Waals surface area contributed by atoms with Crippen molar-refractivity contribution in [1.82, 2.24) is 9.80 Å². The maximum atomic E-state index is 5.38. The number of likely N-dealkylation sites (tertiary alicyclic amines) is 1. The van der Waals surface area contributed by atoms with Gasteiger partial charge in [0.25, 0.3) is 0 Å². The normalized spacial score (nSPS) is 32.4. The van der Waals surface area contributed by atoms with Crippen molar-refractivity contribution in [3.05, 3.63) is 65.2 Å². The smallest absolute Gasteiger partial charge is 0.118 e. The average molecular weight is 363 g/mol. The second-order valence-electron chi connectivity index (χ2n) is 8.65. The van der Waals surface area contributed by atoms with E-state index in [2.05, 4.69) is 65.3 Å². The van der Waals surface area contributed by atoms with Gasteiger partial charge in [0.2, 0.25) is 0 Å². The van der Waals surface area contributed by atoms with Crippen LogP contribution in [0, 0.1) is 12.8 Å². The molecule has 0 spiro atoms. The molecule has 6 rings (SSSR count). The second-order valence-corrected chi connectivity index (χ2v) is 8.65. The lowest BCUT2D eigenvalue weighted by molar-refractivity contribution is -0.00869. The van der Waals surface area contributed by atoms with E-state index in [0.717, 1.165) is 18.2 Å². The van der Waals surface area contributed by atoms with Crippen LogP contribution in [0.1, 0.15) is 35.4 Å². The summed E-state index contributed by atoms with van der Waals surface area (Å²) in [6, 6.07) is 19.3. The second kappa shape index (κ2) is 6.96. The van der Waals surface area contributed by atoms with Crippen molar-refractivity contribution in [2.24, 2.45) is 5.92 Å². The molecule has 4 saturated heterocycles. The Bertz CT molecular complexity index is 777. The van der Waals surface area contributed by atoms with Gasteiger partial charge in [0.1, 0.15) is 5.75 Å². The molecule has 3 heteroatoms. The molecular weight excluding hydrogens is 332 g/mol. The Kier molecular flexibility index (Phi) is 4.45. The first-order valence-corrected chi connectivity index (χ1v) is 10.4. The minimum atomic E-state index is 0.606. The number of ether oxygens (including phenoxy) is 1. The van der Waals surface area contributed by atoms with E-state index in [1.165, 1.54) is 49.2 Å². The predicted octanol–water partition coefficient (Wildman–Crippen LogP) is 4.07. The van der Waals surface area contributed by atoms with E-state index in [1.54, 1.807) is 7.11 Å². The largest absolute Gasteiger partial charge is 0.497 e. The molecule has 4 heterocycles. The van der Waals surface area contributed by atoms with Crippen LogP contribution in [0.5, 0.6) is 5.75 Å². The van der Waals surface area contributed by atoms with Crippen molar-refractivity contribution < 1.29 is 4.74 Å². The zero-order valence-corrected chi connectivity index (χ0v) is 16.5. The number of piperidine rings is 3. The van der Waals surface area contributed by atoms with Crippen LogP contribution in [-0.4, -0.2) is 48.6 Å². The summed E-state index contributed by atoms with van der Waals surface area (Å²) in [7, 11) is 1.75. The zero-order chi connectivity index (χ0) is 18.4. The fraction of sp³-hybridized carbons (Fsp3) is 0.500. The highest BCUT2D eigenvalue weighted by molar-refractivity contribution is 5.33. The summed E-state index contributed by atoms with van der Waals surface area (Å²) >= 11 is 0. The fourth-order valence-corrected chi connectivity index (χ4v) is 5.79. The van der Waals surface area contributed by atoms with Crippen LogP contribution in [0.2, 0.25) is 0 Å². The summed E-state index contributed by atoms with van der Waals surface area (Å²) in [4.78, 5) is 5.58. The third kappa shape index (κ3) is 3.07. The van der Waals surface area contributed by atoms with Gasteiger partial charge in [-0.2, -0.15) is 0 Å².